The van der Waals surface area contributed by atoms with E-state index >= 15 is 0 Å². The van der Waals surface area contributed by atoms with E-state index in [4.69, 9.17) is 15.6 Å². The number of rotatable bonds is 5. The first-order valence-corrected chi connectivity index (χ1v) is 5.22. The van der Waals surface area contributed by atoms with Gasteiger partial charge < -0.3 is 15.6 Å². The molecule has 3 nitrogen and oxygen atoms in total. The normalized spacial score (nSPS) is 23.3. The van der Waals surface area contributed by atoms with E-state index in [1.807, 2.05) is 6.92 Å². The van der Waals surface area contributed by atoms with Gasteiger partial charge in [0.25, 0.3) is 0 Å². The van der Waals surface area contributed by atoms with Crippen molar-refractivity contribution in [2.24, 2.45) is 11.7 Å². The van der Waals surface area contributed by atoms with Gasteiger partial charge in [-0.15, -0.1) is 0 Å². The predicted molar refractivity (Wildman–Crippen MR) is 52.4 cm³/mol. The number of ether oxygens (including phenoxy) is 1. The summed E-state index contributed by atoms with van der Waals surface area (Å²) in [5.41, 5.74) is 5.65. The number of nitrogens with two attached hydrogens (primary N) is 1. The first-order valence-electron chi connectivity index (χ1n) is 5.22. The molecule has 3 heteroatoms. The second kappa shape index (κ2) is 5.58. The van der Waals surface area contributed by atoms with Gasteiger partial charge in [0.05, 0.1) is 12.7 Å². The minimum Gasteiger partial charge on any atom is -0.394 e. The fraction of sp³-hybridized carbons (Fsp3) is 1.00. The van der Waals surface area contributed by atoms with E-state index < -0.39 is 0 Å². The third-order valence-electron chi connectivity index (χ3n) is 2.79. The predicted octanol–water partition coefficient (Wildman–Crippen LogP) is 0.901. The van der Waals surface area contributed by atoms with Gasteiger partial charge in [0.15, 0.2) is 0 Å². The quantitative estimate of drug-likeness (QED) is 0.672. The molecule has 0 spiro atoms. The van der Waals surface area contributed by atoms with Crippen LogP contribution in [0.5, 0.6) is 0 Å². The zero-order chi connectivity index (χ0) is 9.68. The van der Waals surface area contributed by atoms with Gasteiger partial charge in [0, 0.05) is 12.6 Å². The van der Waals surface area contributed by atoms with Crippen molar-refractivity contribution in [2.45, 2.75) is 44.8 Å². The van der Waals surface area contributed by atoms with Crippen LogP contribution in [0.15, 0.2) is 0 Å². The molecule has 1 aliphatic rings. The third kappa shape index (κ3) is 3.63. The molecule has 2 atom stereocenters. The molecule has 0 aromatic rings. The zero-order valence-electron chi connectivity index (χ0n) is 8.41. The van der Waals surface area contributed by atoms with E-state index in [9.17, 15) is 0 Å². The molecule has 0 aromatic carbocycles. The maximum atomic E-state index is 8.97. The highest BCUT2D eigenvalue weighted by Gasteiger charge is 2.19. The molecule has 1 fully saturated rings. The van der Waals surface area contributed by atoms with E-state index in [0.717, 1.165) is 6.61 Å². The van der Waals surface area contributed by atoms with Crippen LogP contribution in [0, 0.1) is 5.92 Å². The Morgan fingerprint density at radius 3 is 2.54 bits per heavy atom. The lowest BCUT2D eigenvalue weighted by Crippen LogP contribution is -2.37. The molecule has 0 aromatic heterocycles. The van der Waals surface area contributed by atoms with Crippen LogP contribution in [0.25, 0.3) is 0 Å². The summed E-state index contributed by atoms with van der Waals surface area (Å²) < 4.78 is 5.56. The minimum atomic E-state index is -0.180. The Labute approximate surface area is 80.3 Å². The maximum Gasteiger partial charge on any atom is 0.0953 e. The van der Waals surface area contributed by atoms with Gasteiger partial charge in [0.2, 0.25) is 0 Å². The standard InChI is InChI=1S/C10H21NO2/c1-8(11)10(6-12)13-7-9-4-2-3-5-9/h8-10,12H,2-7,11H2,1H3. The summed E-state index contributed by atoms with van der Waals surface area (Å²) in [4.78, 5) is 0. The van der Waals surface area contributed by atoms with Crippen molar-refractivity contribution in [1.82, 2.24) is 0 Å². The maximum absolute atomic E-state index is 8.97. The highest BCUT2D eigenvalue weighted by Crippen LogP contribution is 2.25. The lowest BCUT2D eigenvalue weighted by Gasteiger charge is -2.21. The van der Waals surface area contributed by atoms with Crippen LogP contribution in [0.2, 0.25) is 0 Å². The molecule has 2 unspecified atom stereocenters. The average Bonchev–Trinajstić information content (AvgIpc) is 2.57. The van der Waals surface area contributed by atoms with Crippen LogP contribution in [0.3, 0.4) is 0 Å². The Bertz CT molecular complexity index is 133. The molecule has 0 radical (unpaired) electrons. The lowest BCUT2D eigenvalue weighted by molar-refractivity contribution is -0.0145. The Kier molecular flexibility index (Phi) is 4.70. The molecular formula is C10H21NO2. The molecular weight excluding hydrogens is 166 g/mol. The van der Waals surface area contributed by atoms with Crippen LogP contribution in [0.1, 0.15) is 32.6 Å². The Morgan fingerprint density at radius 1 is 1.46 bits per heavy atom. The van der Waals surface area contributed by atoms with E-state index in [1.54, 1.807) is 0 Å². The smallest absolute Gasteiger partial charge is 0.0953 e. The van der Waals surface area contributed by atoms with Crippen molar-refractivity contribution in [2.75, 3.05) is 13.2 Å². The first-order chi connectivity index (χ1) is 6.24. The van der Waals surface area contributed by atoms with Gasteiger partial charge in [-0.05, 0) is 25.7 Å². The highest BCUT2D eigenvalue weighted by molar-refractivity contribution is 4.71. The van der Waals surface area contributed by atoms with Gasteiger partial charge in [0.1, 0.15) is 0 Å². The van der Waals surface area contributed by atoms with Crippen LogP contribution in [-0.4, -0.2) is 30.5 Å². The largest absolute Gasteiger partial charge is 0.394 e. The topological polar surface area (TPSA) is 55.5 Å². The Balaban J connectivity index is 2.15. The van der Waals surface area contributed by atoms with Gasteiger partial charge in [-0.1, -0.05) is 12.8 Å². The lowest BCUT2D eigenvalue weighted by atomic mass is 10.1. The van der Waals surface area contributed by atoms with E-state index in [2.05, 4.69) is 0 Å². The number of hydrogen-bond donors (Lipinski definition) is 2. The molecule has 1 rings (SSSR count). The summed E-state index contributed by atoms with van der Waals surface area (Å²) in [7, 11) is 0. The van der Waals surface area contributed by atoms with Crippen molar-refractivity contribution in [3.63, 3.8) is 0 Å². The molecule has 78 valence electrons. The number of aliphatic hydroxyl groups is 1. The van der Waals surface area contributed by atoms with Crippen LogP contribution < -0.4 is 5.73 Å². The summed E-state index contributed by atoms with van der Waals surface area (Å²) in [6.07, 6.45) is 5.03. The monoisotopic (exact) mass is 187 g/mol. The van der Waals surface area contributed by atoms with E-state index in [1.165, 1.54) is 25.7 Å². The molecule has 0 saturated heterocycles. The molecule has 1 aliphatic carbocycles. The molecule has 13 heavy (non-hydrogen) atoms. The van der Waals surface area contributed by atoms with Crippen molar-refractivity contribution < 1.29 is 9.84 Å². The molecule has 0 amide bonds. The van der Waals surface area contributed by atoms with E-state index in [-0.39, 0.29) is 18.8 Å². The summed E-state index contributed by atoms with van der Waals surface area (Å²) >= 11 is 0. The van der Waals surface area contributed by atoms with E-state index in [0.29, 0.717) is 5.92 Å². The first kappa shape index (κ1) is 11.0. The van der Waals surface area contributed by atoms with Gasteiger partial charge in [-0.3, -0.25) is 0 Å². The molecule has 0 aliphatic heterocycles. The number of hydrogen-bond acceptors (Lipinski definition) is 3. The van der Waals surface area contributed by atoms with Crippen molar-refractivity contribution >= 4 is 0 Å². The SMILES string of the molecule is CC(N)C(CO)OCC1CCCC1. The average molecular weight is 187 g/mol. The fourth-order valence-corrected chi connectivity index (χ4v) is 1.81. The van der Waals surface area contributed by atoms with Crippen LogP contribution in [-0.2, 0) is 4.74 Å². The van der Waals surface area contributed by atoms with Gasteiger partial charge in [-0.25, -0.2) is 0 Å². The summed E-state index contributed by atoms with van der Waals surface area (Å²) in [6, 6.07) is -0.0774. The van der Waals surface area contributed by atoms with Crippen molar-refractivity contribution in [1.29, 1.82) is 0 Å². The Morgan fingerprint density at radius 2 is 2.08 bits per heavy atom. The summed E-state index contributed by atoms with van der Waals surface area (Å²) in [5.74, 6) is 0.702. The number of aliphatic hydroxyl groups excluding tert-OH is 1. The van der Waals surface area contributed by atoms with Crippen molar-refractivity contribution in [3.05, 3.63) is 0 Å². The third-order valence-corrected chi connectivity index (χ3v) is 2.79. The van der Waals surface area contributed by atoms with Gasteiger partial charge in [-0.2, -0.15) is 0 Å². The minimum absolute atomic E-state index is 0.0321. The zero-order valence-corrected chi connectivity index (χ0v) is 8.41. The molecule has 0 heterocycles. The van der Waals surface area contributed by atoms with Crippen LogP contribution in [0.4, 0.5) is 0 Å². The Hall–Kier alpha value is -0.120. The summed E-state index contributed by atoms with van der Waals surface area (Å²) in [5, 5.41) is 8.97. The molecule has 3 N–H and O–H groups in total. The van der Waals surface area contributed by atoms with Crippen LogP contribution >= 0.6 is 0 Å². The molecule has 0 bridgehead atoms. The summed E-state index contributed by atoms with van der Waals surface area (Å²) in [6.45, 7) is 2.67. The van der Waals surface area contributed by atoms with Crippen molar-refractivity contribution in [3.8, 4) is 0 Å². The highest BCUT2D eigenvalue weighted by atomic mass is 16.5. The fourth-order valence-electron chi connectivity index (χ4n) is 1.81. The van der Waals surface area contributed by atoms with Gasteiger partial charge >= 0.3 is 0 Å². The molecule has 1 saturated carbocycles. The second-order valence-corrected chi connectivity index (χ2v) is 4.06. The second-order valence-electron chi connectivity index (χ2n) is 4.06.